The number of nitrogens with zero attached hydrogens (tertiary/aromatic N) is 4. The van der Waals surface area contributed by atoms with Crippen LogP contribution in [0.15, 0.2) is 36.7 Å². The van der Waals surface area contributed by atoms with Gasteiger partial charge >= 0.3 is 12.2 Å². The summed E-state index contributed by atoms with van der Waals surface area (Å²) >= 11 is 0. The van der Waals surface area contributed by atoms with E-state index in [1.54, 1.807) is 14.4 Å². The SMILES string of the molecule is CC(C)(C)OC(=O)N1CCC(NC(=O)c2ncn(Cc3ccccc3)c2C(=O)NC2CCN(C(=O)OC(C)(C)C)CC2)CC1. The normalized spacial score (nSPS) is 16.8. The first-order valence-corrected chi connectivity index (χ1v) is 15.3. The second-order valence-electron chi connectivity index (χ2n) is 13.5. The van der Waals surface area contributed by atoms with Crippen LogP contribution in [0.2, 0.25) is 0 Å². The summed E-state index contributed by atoms with van der Waals surface area (Å²) in [6.07, 6.45) is 3.05. The van der Waals surface area contributed by atoms with Crippen LogP contribution in [0.4, 0.5) is 9.59 Å². The van der Waals surface area contributed by atoms with E-state index >= 15 is 0 Å². The summed E-state index contributed by atoms with van der Waals surface area (Å²) in [7, 11) is 0. The molecule has 2 aliphatic heterocycles. The van der Waals surface area contributed by atoms with Crippen molar-refractivity contribution in [3.8, 4) is 0 Å². The van der Waals surface area contributed by atoms with Crippen LogP contribution >= 0.6 is 0 Å². The Hall–Kier alpha value is -4.09. The van der Waals surface area contributed by atoms with E-state index in [1.807, 2.05) is 71.9 Å². The number of rotatable bonds is 6. The Labute approximate surface area is 259 Å². The topological polar surface area (TPSA) is 135 Å². The molecule has 0 aliphatic carbocycles. The first-order chi connectivity index (χ1) is 20.7. The molecule has 0 unspecified atom stereocenters. The molecule has 1 aromatic heterocycles. The van der Waals surface area contributed by atoms with Gasteiger partial charge in [0, 0.05) is 44.8 Å². The number of amides is 4. The molecule has 240 valence electrons. The molecule has 2 aromatic rings. The lowest BCUT2D eigenvalue weighted by Gasteiger charge is -2.34. The number of aromatic nitrogens is 2. The van der Waals surface area contributed by atoms with E-state index < -0.39 is 17.1 Å². The van der Waals surface area contributed by atoms with Crippen LogP contribution in [0.1, 0.15) is 93.8 Å². The number of nitrogens with one attached hydrogen (secondary N) is 2. The fourth-order valence-corrected chi connectivity index (χ4v) is 5.26. The van der Waals surface area contributed by atoms with Crippen LogP contribution < -0.4 is 10.6 Å². The number of hydrogen-bond donors (Lipinski definition) is 2. The van der Waals surface area contributed by atoms with E-state index in [0.717, 1.165) is 5.56 Å². The van der Waals surface area contributed by atoms with Crippen molar-refractivity contribution in [3.05, 3.63) is 53.6 Å². The Morgan fingerprint density at radius 3 is 1.66 bits per heavy atom. The summed E-state index contributed by atoms with van der Waals surface area (Å²) in [5.74, 6) is -0.823. The number of ether oxygens (including phenoxy) is 2. The molecule has 2 fully saturated rings. The molecule has 0 atom stereocenters. The van der Waals surface area contributed by atoms with Crippen molar-refractivity contribution in [2.45, 2.75) is 97.1 Å². The van der Waals surface area contributed by atoms with Crippen molar-refractivity contribution in [3.63, 3.8) is 0 Å². The van der Waals surface area contributed by atoms with E-state index in [1.165, 1.54) is 6.33 Å². The molecule has 4 amide bonds. The van der Waals surface area contributed by atoms with Crippen LogP contribution in [0.5, 0.6) is 0 Å². The number of likely N-dealkylation sites (tertiary alicyclic amines) is 2. The molecule has 0 saturated carbocycles. The van der Waals surface area contributed by atoms with Crippen LogP contribution in [0.3, 0.4) is 0 Å². The number of benzene rings is 1. The second kappa shape index (κ2) is 13.7. The molecule has 12 nitrogen and oxygen atoms in total. The minimum absolute atomic E-state index is 0.0548. The first-order valence-electron chi connectivity index (χ1n) is 15.3. The lowest BCUT2D eigenvalue weighted by Crippen LogP contribution is -2.49. The van der Waals surface area contributed by atoms with Gasteiger partial charge in [0.2, 0.25) is 0 Å². The fourth-order valence-electron chi connectivity index (χ4n) is 5.26. The Balaban J connectivity index is 1.42. The molecular weight excluding hydrogens is 564 g/mol. The molecule has 44 heavy (non-hydrogen) atoms. The van der Waals surface area contributed by atoms with Gasteiger partial charge < -0.3 is 34.5 Å². The maximum atomic E-state index is 13.7. The highest BCUT2D eigenvalue weighted by molar-refractivity contribution is 6.05. The maximum absolute atomic E-state index is 13.7. The van der Waals surface area contributed by atoms with Gasteiger partial charge in [-0.25, -0.2) is 14.6 Å². The smallest absolute Gasteiger partial charge is 0.410 e. The quantitative estimate of drug-likeness (QED) is 0.501. The monoisotopic (exact) mass is 610 g/mol. The third-order valence-electron chi connectivity index (χ3n) is 7.43. The molecule has 0 spiro atoms. The highest BCUT2D eigenvalue weighted by Crippen LogP contribution is 2.19. The van der Waals surface area contributed by atoms with E-state index in [4.69, 9.17) is 9.47 Å². The minimum Gasteiger partial charge on any atom is -0.444 e. The molecule has 0 bridgehead atoms. The Kier molecular flexibility index (Phi) is 10.2. The standard InChI is InChI=1S/C32H46N6O6/c1-31(2,3)43-29(41)36-16-12-23(13-17-36)34-27(39)25-26(38(21-33-25)20-22-10-8-7-9-11-22)28(40)35-24-14-18-37(19-15-24)30(42)44-32(4,5)6/h7-11,21,23-24H,12-20H2,1-6H3,(H,34,39)(H,35,40). The van der Waals surface area contributed by atoms with E-state index in [9.17, 15) is 19.2 Å². The maximum Gasteiger partial charge on any atom is 0.410 e. The molecule has 0 radical (unpaired) electrons. The number of carbonyl (C=O) groups excluding carboxylic acids is 4. The van der Waals surface area contributed by atoms with Gasteiger partial charge in [0.1, 0.15) is 16.9 Å². The predicted molar refractivity (Wildman–Crippen MR) is 164 cm³/mol. The molecule has 4 rings (SSSR count). The second-order valence-corrected chi connectivity index (χ2v) is 13.5. The average molecular weight is 611 g/mol. The summed E-state index contributed by atoms with van der Waals surface area (Å²) in [6.45, 7) is 13.2. The zero-order valence-electron chi connectivity index (χ0n) is 26.7. The molecule has 12 heteroatoms. The summed E-state index contributed by atoms with van der Waals surface area (Å²) in [4.78, 5) is 59.8. The van der Waals surface area contributed by atoms with Crippen molar-refractivity contribution >= 4 is 24.0 Å². The molecular formula is C32H46N6O6. The largest absolute Gasteiger partial charge is 0.444 e. The third-order valence-corrected chi connectivity index (χ3v) is 7.43. The Bertz CT molecular complexity index is 1310. The molecule has 1 aromatic carbocycles. The number of carbonyl (C=O) groups is 4. The van der Waals surface area contributed by atoms with Crippen molar-refractivity contribution in [1.82, 2.24) is 30.0 Å². The van der Waals surface area contributed by atoms with Crippen molar-refractivity contribution in [2.75, 3.05) is 26.2 Å². The minimum atomic E-state index is -0.578. The Morgan fingerprint density at radius 2 is 1.20 bits per heavy atom. The van der Waals surface area contributed by atoms with Gasteiger partial charge in [-0.3, -0.25) is 9.59 Å². The third kappa shape index (κ3) is 9.20. The van der Waals surface area contributed by atoms with Gasteiger partial charge in [-0.05, 0) is 72.8 Å². The Morgan fingerprint density at radius 1 is 0.750 bits per heavy atom. The van der Waals surface area contributed by atoms with Crippen LogP contribution in [0, 0.1) is 0 Å². The molecule has 2 aliphatic rings. The van der Waals surface area contributed by atoms with Gasteiger partial charge in [-0.15, -0.1) is 0 Å². The van der Waals surface area contributed by atoms with Crippen LogP contribution in [0.25, 0.3) is 0 Å². The predicted octanol–water partition coefficient (Wildman–Crippen LogP) is 4.19. The van der Waals surface area contributed by atoms with Gasteiger partial charge in [-0.1, -0.05) is 30.3 Å². The highest BCUT2D eigenvalue weighted by atomic mass is 16.6. The zero-order valence-corrected chi connectivity index (χ0v) is 26.7. The lowest BCUT2D eigenvalue weighted by molar-refractivity contribution is 0.0187. The average Bonchev–Trinajstić information content (AvgIpc) is 3.36. The van der Waals surface area contributed by atoms with Gasteiger partial charge in [0.05, 0.1) is 6.33 Å². The van der Waals surface area contributed by atoms with E-state index in [2.05, 4.69) is 15.6 Å². The zero-order chi connectivity index (χ0) is 32.1. The summed E-state index contributed by atoms with van der Waals surface area (Å²) in [5.41, 5.74) is 0.0514. The van der Waals surface area contributed by atoms with Crippen molar-refractivity contribution in [1.29, 1.82) is 0 Å². The van der Waals surface area contributed by atoms with Crippen LogP contribution in [-0.4, -0.2) is 92.8 Å². The summed E-state index contributed by atoms with van der Waals surface area (Å²) in [6, 6.07) is 9.31. The lowest BCUT2D eigenvalue weighted by atomic mass is 10.0. The van der Waals surface area contributed by atoms with E-state index in [0.29, 0.717) is 58.4 Å². The number of hydrogen-bond acceptors (Lipinski definition) is 7. The molecule has 2 N–H and O–H groups in total. The molecule has 3 heterocycles. The molecule has 2 saturated heterocycles. The van der Waals surface area contributed by atoms with Crippen molar-refractivity contribution < 1.29 is 28.7 Å². The summed E-state index contributed by atoms with van der Waals surface area (Å²) < 4.78 is 12.7. The fraction of sp³-hybridized carbons (Fsp3) is 0.594. The number of piperidine rings is 2. The number of imidazole rings is 1. The highest BCUT2D eigenvalue weighted by Gasteiger charge is 2.32. The van der Waals surface area contributed by atoms with Crippen LogP contribution in [-0.2, 0) is 16.0 Å². The van der Waals surface area contributed by atoms with Gasteiger partial charge in [0.25, 0.3) is 11.8 Å². The summed E-state index contributed by atoms with van der Waals surface area (Å²) in [5, 5.41) is 6.10. The van der Waals surface area contributed by atoms with E-state index in [-0.39, 0.29) is 41.6 Å². The van der Waals surface area contributed by atoms with Gasteiger partial charge in [-0.2, -0.15) is 0 Å². The van der Waals surface area contributed by atoms with Gasteiger partial charge in [0.15, 0.2) is 5.69 Å². The van der Waals surface area contributed by atoms with Crippen molar-refractivity contribution in [2.24, 2.45) is 0 Å². The first kappa shape index (κ1) is 32.8.